The molecule has 0 atom stereocenters. The number of unbranched alkanes of at least 4 members (excludes halogenated alkanes) is 2. The Bertz CT molecular complexity index is 608. The van der Waals surface area contributed by atoms with Gasteiger partial charge < -0.3 is 10.2 Å². The first-order chi connectivity index (χ1) is 11.3. The van der Waals surface area contributed by atoms with Gasteiger partial charge in [0.2, 0.25) is 0 Å². The molecule has 2 N–H and O–H groups in total. The molecule has 0 unspecified atom stereocenters. The van der Waals surface area contributed by atoms with Crippen LogP contribution in [0.2, 0.25) is 0 Å². The molecule has 0 amide bonds. The third kappa shape index (κ3) is 5.94. The summed E-state index contributed by atoms with van der Waals surface area (Å²) in [7, 11) is 0. The number of benzene rings is 2. The molecule has 2 rings (SSSR count). The molecule has 0 aromatic heterocycles. The van der Waals surface area contributed by atoms with Crippen molar-refractivity contribution in [1.82, 2.24) is 0 Å². The normalized spacial score (nSPS) is 11.5. The van der Waals surface area contributed by atoms with E-state index >= 15 is 0 Å². The molecule has 2 aromatic rings. The molecule has 4 heteroatoms. The summed E-state index contributed by atoms with van der Waals surface area (Å²) < 4.78 is 0. The predicted molar refractivity (Wildman–Crippen MR) is 95.0 cm³/mol. The zero-order valence-corrected chi connectivity index (χ0v) is 13.1. The van der Waals surface area contributed by atoms with E-state index in [2.05, 4.69) is 9.98 Å². The minimum atomic E-state index is 0.259. The van der Waals surface area contributed by atoms with E-state index in [0.717, 1.165) is 43.5 Å². The molecule has 0 bridgehead atoms. The molecule has 0 saturated heterocycles. The lowest BCUT2D eigenvalue weighted by molar-refractivity contribution is 0.474. The smallest absolute Gasteiger partial charge is 0.124 e. The van der Waals surface area contributed by atoms with Crippen LogP contribution in [-0.2, 0) is 0 Å². The molecular formula is C19H22N2O2. The van der Waals surface area contributed by atoms with Crippen molar-refractivity contribution in [2.45, 2.75) is 19.3 Å². The highest BCUT2D eigenvalue weighted by Gasteiger charge is 1.95. The van der Waals surface area contributed by atoms with Gasteiger partial charge >= 0.3 is 0 Å². The van der Waals surface area contributed by atoms with Crippen molar-refractivity contribution in [3.63, 3.8) is 0 Å². The van der Waals surface area contributed by atoms with Gasteiger partial charge in [-0.3, -0.25) is 9.98 Å². The monoisotopic (exact) mass is 310 g/mol. The number of nitrogens with zero attached hydrogens (tertiary/aromatic N) is 2. The van der Waals surface area contributed by atoms with Crippen LogP contribution < -0.4 is 0 Å². The van der Waals surface area contributed by atoms with Crippen molar-refractivity contribution < 1.29 is 10.2 Å². The van der Waals surface area contributed by atoms with Crippen LogP contribution in [0.4, 0.5) is 0 Å². The Hall–Kier alpha value is -2.62. The topological polar surface area (TPSA) is 65.2 Å². The molecule has 4 nitrogen and oxygen atoms in total. The third-order valence-corrected chi connectivity index (χ3v) is 3.41. The van der Waals surface area contributed by atoms with Gasteiger partial charge in [-0.15, -0.1) is 0 Å². The van der Waals surface area contributed by atoms with Crippen LogP contribution in [0.25, 0.3) is 0 Å². The summed E-state index contributed by atoms with van der Waals surface area (Å²) in [5, 5.41) is 19.2. The molecule has 23 heavy (non-hydrogen) atoms. The summed E-state index contributed by atoms with van der Waals surface area (Å²) in [4.78, 5) is 8.65. The standard InChI is InChI=1S/C19H22N2O2/c22-18-10-4-2-8-16(18)14-20-12-6-1-7-13-21-15-17-9-3-5-11-19(17)23/h2-5,8-11,14-15,22-23H,1,6-7,12-13H2/b20-14-,21-15+. The Balaban J connectivity index is 1.60. The molecule has 0 spiro atoms. The first-order valence-corrected chi connectivity index (χ1v) is 7.83. The van der Waals surface area contributed by atoms with Crippen molar-refractivity contribution in [2.24, 2.45) is 9.98 Å². The second-order valence-corrected chi connectivity index (χ2v) is 5.25. The second-order valence-electron chi connectivity index (χ2n) is 5.25. The molecule has 0 saturated carbocycles. The fourth-order valence-electron chi connectivity index (χ4n) is 2.10. The molecular weight excluding hydrogens is 288 g/mol. The fraction of sp³-hybridized carbons (Fsp3) is 0.263. The molecule has 0 radical (unpaired) electrons. The van der Waals surface area contributed by atoms with E-state index < -0.39 is 0 Å². The first kappa shape index (κ1) is 16.7. The van der Waals surface area contributed by atoms with E-state index in [1.54, 1.807) is 36.7 Å². The maximum Gasteiger partial charge on any atom is 0.124 e. The van der Waals surface area contributed by atoms with Gasteiger partial charge in [0.15, 0.2) is 0 Å². The van der Waals surface area contributed by atoms with Crippen LogP contribution in [0.3, 0.4) is 0 Å². The van der Waals surface area contributed by atoms with E-state index in [1.807, 2.05) is 24.3 Å². The van der Waals surface area contributed by atoms with E-state index in [0.29, 0.717) is 0 Å². The second kappa shape index (κ2) is 9.41. The molecule has 0 aliphatic carbocycles. The number of phenolic OH excluding ortho intramolecular Hbond substituents is 2. The molecule has 0 aliphatic heterocycles. The maximum atomic E-state index is 9.60. The number of aromatic hydroxyl groups is 2. The number of phenols is 2. The molecule has 0 fully saturated rings. The molecule has 120 valence electrons. The Kier molecular flexibility index (Phi) is 6.85. The van der Waals surface area contributed by atoms with Gasteiger partial charge in [-0.25, -0.2) is 0 Å². The Morgan fingerprint density at radius 2 is 1.09 bits per heavy atom. The SMILES string of the molecule is Oc1ccccc1/C=N\CCCCC/N=C/c1ccccc1O. The summed E-state index contributed by atoms with van der Waals surface area (Å²) in [6.45, 7) is 1.50. The van der Waals surface area contributed by atoms with Gasteiger partial charge in [0, 0.05) is 36.6 Å². The van der Waals surface area contributed by atoms with Crippen LogP contribution >= 0.6 is 0 Å². The summed E-state index contributed by atoms with van der Waals surface area (Å²) in [5.74, 6) is 0.518. The van der Waals surface area contributed by atoms with E-state index in [4.69, 9.17) is 0 Å². The van der Waals surface area contributed by atoms with Crippen molar-refractivity contribution >= 4 is 12.4 Å². The average Bonchev–Trinajstić information content (AvgIpc) is 2.56. The zero-order chi connectivity index (χ0) is 16.3. The predicted octanol–water partition coefficient (Wildman–Crippen LogP) is 3.81. The van der Waals surface area contributed by atoms with Gasteiger partial charge in [-0.1, -0.05) is 24.3 Å². The van der Waals surface area contributed by atoms with Crippen LogP contribution in [-0.4, -0.2) is 35.7 Å². The lowest BCUT2D eigenvalue weighted by Gasteiger charge is -1.99. The summed E-state index contributed by atoms with van der Waals surface area (Å²) in [6.07, 6.45) is 6.47. The highest BCUT2D eigenvalue weighted by Crippen LogP contribution is 2.13. The van der Waals surface area contributed by atoms with Gasteiger partial charge in [0.25, 0.3) is 0 Å². The Morgan fingerprint density at radius 3 is 1.52 bits per heavy atom. The minimum absolute atomic E-state index is 0.259. The highest BCUT2D eigenvalue weighted by atomic mass is 16.3. The maximum absolute atomic E-state index is 9.60. The van der Waals surface area contributed by atoms with Crippen molar-refractivity contribution in [1.29, 1.82) is 0 Å². The van der Waals surface area contributed by atoms with E-state index in [1.165, 1.54) is 0 Å². The summed E-state index contributed by atoms with van der Waals surface area (Å²) in [5.41, 5.74) is 1.50. The molecule has 0 heterocycles. The highest BCUT2D eigenvalue weighted by molar-refractivity contribution is 5.83. The number of rotatable bonds is 8. The summed E-state index contributed by atoms with van der Waals surface area (Å²) >= 11 is 0. The average molecular weight is 310 g/mol. The van der Waals surface area contributed by atoms with Gasteiger partial charge in [-0.2, -0.15) is 0 Å². The number of hydrogen-bond donors (Lipinski definition) is 2. The summed E-state index contributed by atoms with van der Waals surface area (Å²) in [6, 6.07) is 14.3. The molecule has 0 aliphatic rings. The number of hydrogen-bond acceptors (Lipinski definition) is 4. The van der Waals surface area contributed by atoms with E-state index in [-0.39, 0.29) is 11.5 Å². The van der Waals surface area contributed by atoms with Crippen LogP contribution in [0, 0.1) is 0 Å². The largest absolute Gasteiger partial charge is 0.507 e. The Labute approximate surface area is 136 Å². The Morgan fingerprint density at radius 1 is 0.652 bits per heavy atom. The van der Waals surface area contributed by atoms with Crippen LogP contribution in [0.1, 0.15) is 30.4 Å². The van der Waals surface area contributed by atoms with E-state index in [9.17, 15) is 10.2 Å². The third-order valence-electron chi connectivity index (χ3n) is 3.41. The zero-order valence-electron chi connectivity index (χ0n) is 13.1. The minimum Gasteiger partial charge on any atom is -0.507 e. The number of para-hydroxylation sites is 2. The lowest BCUT2D eigenvalue weighted by atomic mass is 10.2. The quantitative estimate of drug-likeness (QED) is 0.575. The lowest BCUT2D eigenvalue weighted by Crippen LogP contribution is -1.89. The van der Waals surface area contributed by atoms with Crippen molar-refractivity contribution in [3.8, 4) is 11.5 Å². The number of aliphatic imine (C=N–C) groups is 2. The first-order valence-electron chi connectivity index (χ1n) is 7.83. The van der Waals surface area contributed by atoms with Gasteiger partial charge in [0.1, 0.15) is 11.5 Å². The van der Waals surface area contributed by atoms with Gasteiger partial charge in [-0.05, 0) is 43.5 Å². The van der Waals surface area contributed by atoms with Crippen molar-refractivity contribution in [2.75, 3.05) is 13.1 Å². The van der Waals surface area contributed by atoms with Gasteiger partial charge in [0.05, 0.1) is 0 Å². The fourth-order valence-corrected chi connectivity index (χ4v) is 2.10. The van der Waals surface area contributed by atoms with Crippen LogP contribution in [0.5, 0.6) is 11.5 Å². The molecule has 2 aromatic carbocycles. The van der Waals surface area contributed by atoms with Crippen LogP contribution in [0.15, 0.2) is 58.5 Å². The van der Waals surface area contributed by atoms with Crippen molar-refractivity contribution in [3.05, 3.63) is 59.7 Å².